The molecule has 31 heavy (non-hydrogen) atoms. The van der Waals surface area contributed by atoms with Gasteiger partial charge in [-0.1, -0.05) is 28.4 Å². The molecule has 0 radical (unpaired) electrons. The highest BCUT2D eigenvalue weighted by molar-refractivity contribution is 6.36. The molecule has 2 aromatic heterocycles. The molecule has 1 aromatic carbocycles. The molecule has 3 aromatic rings. The smallest absolute Gasteiger partial charge is 0.227 e. The standard InChI is InChI=1S/C20H20Cl2FN7O/c1-10(17-12(21)2-3-13(23)18(17)22)30-5-4-25-20-15(30)7-14(27-28-20)19-26-16(31-29-19)6-11-8-24-9-11/h2-3,7,10-11,24H,4-6,8-9H2,1H3,(H,25,28)/t10-/m1/s1. The van der Waals surface area contributed by atoms with Gasteiger partial charge in [-0.15, -0.1) is 10.2 Å². The number of anilines is 2. The molecular weight excluding hydrogens is 444 g/mol. The van der Waals surface area contributed by atoms with Crippen LogP contribution in [0.1, 0.15) is 24.4 Å². The van der Waals surface area contributed by atoms with Crippen LogP contribution in [0.2, 0.25) is 10.0 Å². The molecule has 1 atom stereocenters. The van der Waals surface area contributed by atoms with Crippen molar-refractivity contribution in [3.8, 4) is 11.5 Å². The number of fused-ring (bicyclic) bond motifs is 1. The van der Waals surface area contributed by atoms with Crippen LogP contribution in [-0.4, -0.2) is 46.5 Å². The summed E-state index contributed by atoms with van der Waals surface area (Å²) in [5, 5.41) is 19.5. The number of hydrogen-bond donors (Lipinski definition) is 2. The average molecular weight is 464 g/mol. The zero-order valence-corrected chi connectivity index (χ0v) is 18.2. The van der Waals surface area contributed by atoms with E-state index in [2.05, 4.69) is 35.9 Å². The predicted octanol–water partition coefficient (Wildman–Crippen LogP) is 3.73. The number of hydrogen-bond acceptors (Lipinski definition) is 8. The second-order valence-electron chi connectivity index (χ2n) is 7.76. The van der Waals surface area contributed by atoms with Crippen molar-refractivity contribution in [3.05, 3.63) is 45.5 Å². The molecule has 0 aliphatic carbocycles. The predicted molar refractivity (Wildman–Crippen MR) is 116 cm³/mol. The molecular formula is C20H20Cl2FN7O. The fourth-order valence-electron chi connectivity index (χ4n) is 3.92. The lowest BCUT2D eigenvalue weighted by Gasteiger charge is -2.36. The van der Waals surface area contributed by atoms with Gasteiger partial charge in [-0.3, -0.25) is 0 Å². The Hall–Kier alpha value is -2.49. The quantitative estimate of drug-likeness (QED) is 0.552. The van der Waals surface area contributed by atoms with Crippen LogP contribution in [0, 0.1) is 11.7 Å². The fraction of sp³-hybridized carbons (Fsp3) is 0.400. The van der Waals surface area contributed by atoms with Crippen molar-refractivity contribution < 1.29 is 8.91 Å². The van der Waals surface area contributed by atoms with E-state index >= 15 is 0 Å². The summed E-state index contributed by atoms with van der Waals surface area (Å²) in [6.07, 6.45) is 0.736. The van der Waals surface area contributed by atoms with E-state index in [-0.39, 0.29) is 11.1 Å². The van der Waals surface area contributed by atoms with E-state index in [0.29, 0.717) is 52.8 Å². The summed E-state index contributed by atoms with van der Waals surface area (Å²) in [5.41, 5.74) is 1.82. The number of benzene rings is 1. The Bertz CT molecular complexity index is 1120. The number of nitrogens with zero attached hydrogens (tertiary/aromatic N) is 5. The molecule has 0 spiro atoms. The molecule has 162 valence electrons. The van der Waals surface area contributed by atoms with Gasteiger partial charge in [0.1, 0.15) is 11.5 Å². The topological polar surface area (TPSA) is 92.0 Å². The zero-order valence-electron chi connectivity index (χ0n) is 16.7. The largest absolute Gasteiger partial charge is 0.365 e. The van der Waals surface area contributed by atoms with E-state index < -0.39 is 5.82 Å². The van der Waals surface area contributed by atoms with Gasteiger partial charge in [0, 0.05) is 30.1 Å². The first-order valence-corrected chi connectivity index (χ1v) is 10.8. The van der Waals surface area contributed by atoms with Crippen LogP contribution in [0.25, 0.3) is 11.5 Å². The fourth-order valence-corrected chi connectivity index (χ4v) is 4.60. The van der Waals surface area contributed by atoms with E-state index in [1.807, 2.05) is 13.0 Å². The van der Waals surface area contributed by atoms with Crippen molar-refractivity contribution in [2.45, 2.75) is 19.4 Å². The number of halogens is 3. The third kappa shape index (κ3) is 3.81. The van der Waals surface area contributed by atoms with Crippen molar-refractivity contribution in [1.29, 1.82) is 0 Å². The van der Waals surface area contributed by atoms with Gasteiger partial charge >= 0.3 is 0 Å². The summed E-state index contributed by atoms with van der Waals surface area (Å²) in [5.74, 6) is 1.61. The third-order valence-corrected chi connectivity index (χ3v) is 6.43. The summed E-state index contributed by atoms with van der Waals surface area (Å²) >= 11 is 12.6. The first kappa shape index (κ1) is 20.4. The van der Waals surface area contributed by atoms with Gasteiger partial charge in [0.15, 0.2) is 5.82 Å². The number of nitrogens with one attached hydrogen (secondary N) is 2. The SMILES string of the molecule is C[C@H](c1c(Cl)ccc(F)c1Cl)N1CCNc2nnc(-c3noc(CC4CNC4)n3)cc21. The Kier molecular flexibility index (Phi) is 5.41. The first-order valence-electron chi connectivity index (χ1n) is 10.1. The second-order valence-corrected chi connectivity index (χ2v) is 8.54. The number of aromatic nitrogens is 4. The molecule has 0 saturated carbocycles. The third-order valence-electron chi connectivity index (χ3n) is 5.72. The normalized spacial score (nSPS) is 17.1. The van der Waals surface area contributed by atoms with E-state index in [9.17, 15) is 4.39 Å². The molecule has 2 aliphatic heterocycles. The van der Waals surface area contributed by atoms with Crippen LogP contribution in [0.3, 0.4) is 0 Å². The first-order chi connectivity index (χ1) is 15.0. The van der Waals surface area contributed by atoms with Gasteiger partial charge in [0.05, 0.1) is 16.8 Å². The Balaban J connectivity index is 1.47. The molecule has 2 N–H and O–H groups in total. The maximum Gasteiger partial charge on any atom is 0.227 e. The average Bonchev–Trinajstić information content (AvgIpc) is 3.21. The van der Waals surface area contributed by atoms with Gasteiger partial charge < -0.3 is 20.1 Å². The maximum absolute atomic E-state index is 14.1. The minimum Gasteiger partial charge on any atom is -0.365 e. The Labute approximate surface area is 188 Å². The van der Waals surface area contributed by atoms with Crippen molar-refractivity contribution in [3.63, 3.8) is 0 Å². The summed E-state index contributed by atoms with van der Waals surface area (Å²) in [7, 11) is 0. The highest BCUT2D eigenvalue weighted by Gasteiger charge is 2.29. The molecule has 0 bridgehead atoms. The molecule has 4 heterocycles. The lowest BCUT2D eigenvalue weighted by Crippen LogP contribution is -2.43. The number of rotatable bonds is 5. The van der Waals surface area contributed by atoms with Gasteiger partial charge in [0.2, 0.25) is 11.7 Å². The Morgan fingerprint density at radius 3 is 2.90 bits per heavy atom. The van der Waals surface area contributed by atoms with Crippen LogP contribution in [0.4, 0.5) is 15.9 Å². The maximum atomic E-state index is 14.1. The zero-order chi connectivity index (χ0) is 21.5. The van der Waals surface area contributed by atoms with Gasteiger partial charge in [-0.2, -0.15) is 4.98 Å². The monoisotopic (exact) mass is 463 g/mol. The molecule has 1 saturated heterocycles. The summed E-state index contributed by atoms with van der Waals surface area (Å²) in [6.45, 7) is 5.15. The molecule has 5 rings (SSSR count). The molecule has 8 nitrogen and oxygen atoms in total. The highest BCUT2D eigenvalue weighted by atomic mass is 35.5. The molecule has 0 amide bonds. The summed E-state index contributed by atoms with van der Waals surface area (Å²) in [6, 6.07) is 4.35. The van der Waals surface area contributed by atoms with Crippen molar-refractivity contribution in [2.24, 2.45) is 5.92 Å². The summed E-state index contributed by atoms with van der Waals surface area (Å²) < 4.78 is 19.5. The molecule has 11 heteroatoms. The van der Waals surface area contributed by atoms with Gasteiger partial charge in [-0.25, -0.2) is 4.39 Å². The van der Waals surface area contributed by atoms with Crippen molar-refractivity contribution >= 4 is 34.7 Å². The lowest BCUT2D eigenvalue weighted by atomic mass is 10.00. The van der Waals surface area contributed by atoms with Gasteiger partial charge in [-0.05, 0) is 44.1 Å². The van der Waals surface area contributed by atoms with Crippen LogP contribution in [0.15, 0.2) is 22.7 Å². The second kappa shape index (κ2) is 8.22. The highest BCUT2D eigenvalue weighted by Crippen LogP contribution is 2.40. The minimum absolute atomic E-state index is 0.0237. The molecule has 0 unspecified atom stereocenters. The van der Waals surface area contributed by atoms with Crippen LogP contribution in [0.5, 0.6) is 0 Å². The van der Waals surface area contributed by atoms with Gasteiger partial charge in [0.25, 0.3) is 0 Å². The van der Waals surface area contributed by atoms with Crippen molar-refractivity contribution in [2.75, 3.05) is 36.4 Å². The Morgan fingerprint density at radius 1 is 1.29 bits per heavy atom. The van der Waals surface area contributed by atoms with Crippen LogP contribution < -0.4 is 15.5 Å². The van der Waals surface area contributed by atoms with Crippen LogP contribution >= 0.6 is 23.2 Å². The molecule has 2 aliphatic rings. The van der Waals surface area contributed by atoms with Crippen LogP contribution in [-0.2, 0) is 6.42 Å². The van der Waals surface area contributed by atoms with E-state index in [0.717, 1.165) is 25.2 Å². The Morgan fingerprint density at radius 2 is 2.13 bits per heavy atom. The minimum atomic E-state index is -0.502. The van der Waals surface area contributed by atoms with E-state index in [1.54, 1.807) is 0 Å². The van der Waals surface area contributed by atoms with E-state index in [1.165, 1.54) is 12.1 Å². The molecule has 1 fully saturated rings. The lowest BCUT2D eigenvalue weighted by molar-refractivity contribution is 0.296. The van der Waals surface area contributed by atoms with Crippen molar-refractivity contribution in [1.82, 2.24) is 25.7 Å². The summed E-state index contributed by atoms with van der Waals surface area (Å²) in [4.78, 5) is 6.55. The van der Waals surface area contributed by atoms with E-state index in [4.69, 9.17) is 27.7 Å².